The summed E-state index contributed by atoms with van der Waals surface area (Å²) >= 11 is 1.89. The van der Waals surface area contributed by atoms with Crippen molar-refractivity contribution in [2.45, 2.75) is 12.5 Å². The monoisotopic (exact) mass is 218 g/mol. The van der Waals surface area contributed by atoms with Crippen LogP contribution in [0.2, 0.25) is 0 Å². The van der Waals surface area contributed by atoms with Crippen molar-refractivity contribution in [2.24, 2.45) is 4.99 Å². The number of thioether (sulfide) groups is 1. The largest absolute Gasteiger partial charge is 0.339 e. The van der Waals surface area contributed by atoms with Gasteiger partial charge in [-0.25, -0.2) is 0 Å². The summed E-state index contributed by atoms with van der Waals surface area (Å²) in [5.41, 5.74) is 1.48. The summed E-state index contributed by atoms with van der Waals surface area (Å²) in [6.07, 6.45) is 0. The van der Waals surface area contributed by atoms with E-state index in [1.54, 1.807) is 0 Å². The topological polar surface area (TPSA) is 15.6 Å². The smallest absolute Gasteiger partial charge is 0.160 e. The molecule has 1 fully saturated rings. The lowest BCUT2D eigenvalue weighted by Gasteiger charge is -2.34. The van der Waals surface area contributed by atoms with E-state index in [0.717, 1.165) is 13.1 Å². The van der Waals surface area contributed by atoms with Crippen molar-refractivity contribution < 1.29 is 0 Å². The van der Waals surface area contributed by atoms with E-state index in [2.05, 4.69) is 47.1 Å². The zero-order valence-electron chi connectivity index (χ0n) is 8.81. The molecule has 78 valence electrons. The Morgan fingerprint density at radius 1 is 1.33 bits per heavy atom. The van der Waals surface area contributed by atoms with E-state index in [1.165, 1.54) is 16.5 Å². The van der Waals surface area contributed by atoms with Crippen LogP contribution in [0.1, 0.15) is 12.5 Å². The third kappa shape index (κ3) is 1.29. The number of fused-ring (bicyclic) bond motifs is 1. The van der Waals surface area contributed by atoms with Gasteiger partial charge in [0.05, 0.1) is 12.1 Å². The van der Waals surface area contributed by atoms with Gasteiger partial charge in [-0.3, -0.25) is 4.99 Å². The van der Waals surface area contributed by atoms with E-state index in [9.17, 15) is 0 Å². The molecule has 0 amide bonds. The molecular formula is C12H14N2S. The van der Waals surface area contributed by atoms with Crippen LogP contribution in [0.4, 0.5) is 0 Å². The maximum Gasteiger partial charge on any atom is 0.160 e. The first-order chi connectivity index (χ1) is 7.31. The van der Waals surface area contributed by atoms with Crippen molar-refractivity contribution in [3.05, 3.63) is 35.9 Å². The predicted molar refractivity (Wildman–Crippen MR) is 65.3 cm³/mol. The highest BCUT2D eigenvalue weighted by molar-refractivity contribution is 8.14. The van der Waals surface area contributed by atoms with Gasteiger partial charge in [0.2, 0.25) is 0 Å². The van der Waals surface area contributed by atoms with E-state index >= 15 is 0 Å². The molecule has 15 heavy (non-hydrogen) atoms. The van der Waals surface area contributed by atoms with E-state index in [0.29, 0.717) is 0 Å². The zero-order valence-corrected chi connectivity index (χ0v) is 9.63. The first-order valence-corrected chi connectivity index (χ1v) is 6.30. The molecule has 0 aliphatic carbocycles. The molecule has 3 heteroatoms. The van der Waals surface area contributed by atoms with E-state index in [4.69, 9.17) is 0 Å². The normalized spacial score (nSPS) is 29.1. The molecule has 2 heterocycles. The van der Waals surface area contributed by atoms with E-state index < -0.39 is 0 Å². The molecule has 1 unspecified atom stereocenters. The minimum Gasteiger partial charge on any atom is -0.339 e. The minimum absolute atomic E-state index is 0.0973. The van der Waals surface area contributed by atoms with Gasteiger partial charge in [0.1, 0.15) is 0 Å². The van der Waals surface area contributed by atoms with E-state index in [1.807, 2.05) is 11.8 Å². The molecule has 2 aliphatic heterocycles. The first kappa shape index (κ1) is 9.28. The van der Waals surface area contributed by atoms with Gasteiger partial charge in [-0.1, -0.05) is 42.1 Å². The van der Waals surface area contributed by atoms with Crippen molar-refractivity contribution >= 4 is 16.9 Å². The molecule has 1 saturated heterocycles. The van der Waals surface area contributed by atoms with Crippen molar-refractivity contribution in [1.29, 1.82) is 0 Å². The second kappa shape index (κ2) is 3.27. The molecule has 0 saturated carbocycles. The Balaban J connectivity index is 2.00. The molecule has 2 nitrogen and oxygen atoms in total. The number of aliphatic imine (C=N–C) groups is 1. The fraction of sp³-hybridized carbons (Fsp3) is 0.417. The Hall–Kier alpha value is -0.960. The average molecular weight is 218 g/mol. The molecule has 0 bridgehead atoms. The van der Waals surface area contributed by atoms with Gasteiger partial charge in [-0.15, -0.1) is 0 Å². The van der Waals surface area contributed by atoms with Crippen LogP contribution in [0.5, 0.6) is 0 Å². The predicted octanol–water partition coefficient (Wildman–Crippen LogP) is 2.32. The maximum absolute atomic E-state index is 4.63. The highest BCUT2D eigenvalue weighted by Gasteiger charge is 2.42. The number of benzene rings is 1. The molecule has 0 radical (unpaired) electrons. The second-order valence-corrected chi connectivity index (χ2v) is 5.30. The van der Waals surface area contributed by atoms with Gasteiger partial charge in [-0.2, -0.15) is 0 Å². The standard InChI is InChI=1S/C12H14N2S/c1-12(10-5-3-2-4-6-10)9-13-11-14(12)7-8-15-11/h2-6H,7-9H2,1H3. The zero-order chi connectivity index (χ0) is 10.3. The van der Waals surface area contributed by atoms with Gasteiger partial charge < -0.3 is 4.90 Å². The molecule has 1 aromatic carbocycles. The van der Waals surface area contributed by atoms with Crippen LogP contribution in [0.15, 0.2) is 35.3 Å². The summed E-state index contributed by atoms with van der Waals surface area (Å²) in [5, 5.41) is 1.24. The molecule has 0 N–H and O–H groups in total. The van der Waals surface area contributed by atoms with Crippen molar-refractivity contribution in [1.82, 2.24) is 4.90 Å². The lowest BCUT2D eigenvalue weighted by Crippen LogP contribution is -2.42. The summed E-state index contributed by atoms with van der Waals surface area (Å²) in [4.78, 5) is 7.08. The Kier molecular flexibility index (Phi) is 2.02. The quantitative estimate of drug-likeness (QED) is 0.719. The van der Waals surface area contributed by atoms with Crippen molar-refractivity contribution in [3.8, 4) is 0 Å². The second-order valence-electron chi connectivity index (χ2n) is 4.24. The van der Waals surface area contributed by atoms with Gasteiger partial charge in [-0.05, 0) is 12.5 Å². The van der Waals surface area contributed by atoms with Crippen LogP contribution in [0, 0.1) is 0 Å². The number of rotatable bonds is 1. The molecule has 1 atom stereocenters. The third-order valence-electron chi connectivity index (χ3n) is 3.29. The molecule has 2 aliphatic rings. The van der Waals surface area contributed by atoms with Crippen LogP contribution in [-0.2, 0) is 5.54 Å². The fourth-order valence-corrected chi connectivity index (χ4v) is 3.40. The van der Waals surface area contributed by atoms with Crippen molar-refractivity contribution in [3.63, 3.8) is 0 Å². The Labute approximate surface area is 94.4 Å². The van der Waals surface area contributed by atoms with Gasteiger partial charge in [0.15, 0.2) is 5.17 Å². The number of hydrogen-bond donors (Lipinski definition) is 0. The molecule has 1 aromatic rings. The summed E-state index contributed by atoms with van der Waals surface area (Å²) in [7, 11) is 0. The highest BCUT2D eigenvalue weighted by Crippen LogP contribution is 2.39. The summed E-state index contributed by atoms with van der Waals surface area (Å²) in [6, 6.07) is 10.7. The van der Waals surface area contributed by atoms with Crippen LogP contribution in [0.3, 0.4) is 0 Å². The highest BCUT2D eigenvalue weighted by atomic mass is 32.2. The minimum atomic E-state index is 0.0973. The number of nitrogens with zero attached hydrogens (tertiary/aromatic N) is 2. The van der Waals surface area contributed by atoms with Crippen LogP contribution in [-0.4, -0.2) is 28.9 Å². The van der Waals surface area contributed by atoms with Crippen LogP contribution >= 0.6 is 11.8 Å². The summed E-state index contributed by atoms with van der Waals surface area (Å²) in [5.74, 6) is 1.18. The molecule has 3 rings (SSSR count). The molecular weight excluding hydrogens is 204 g/mol. The van der Waals surface area contributed by atoms with Crippen LogP contribution < -0.4 is 0 Å². The van der Waals surface area contributed by atoms with E-state index in [-0.39, 0.29) is 5.54 Å². The Bertz CT molecular complexity index is 401. The lowest BCUT2D eigenvalue weighted by molar-refractivity contribution is 0.246. The van der Waals surface area contributed by atoms with Gasteiger partial charge in [0.25, 0.3) is 0 Å². The molecule has 0 spiro atoms. The van der Waals surface area contributed by atoms with Crippen LogP contribution in [0.25, 0.3) is 0 Å². The van der Waals surface area contributed by atoms with Gasteiger partial charge >= 0.3 is 0 Å². The summed E-state index contributed by atoms with van der Waals surface area (Å²) in [6.45, 7) is 4.33. The number of amidine groups is 1. The van der Waals surface area contributed by atoms with Crippen molar-refractivity contribution in [2.75, 3.05) is 18.8 Å². The molecule has 0 aromatic heterocycles. The Morgan fingerprint density at radius 2 is 2.13 bits per heavy atom. The first-order valence-electron chi connectivity index (χ1n) is 5.31. The summed E-state index contributed by atoms with van der Waals surface area (Å²) < 4.78 is 0. The van der Waals surface area contributed by atoms with Gasteiger partial charge in [0, 0.05) is 12.3 Å². The average Bonchev–Trinajstić information content (AvgIpc) is 2.85. The lowest BCUT2D eigenvalue weighted by atomic mass is 9.91. The maximum atomic E-state index is 4.63. The Morgan fingerprint density at radius 3 is 2.93 bits per heavy atom. The SMILES string of the molecule is CC1(c2ccccc2)CN=C2SCCN21. The third-order valence-corrected chi connectivity index (χ3v) is 4.28. The number of hydrogen-bond acceptors (Lipinski definition) is 3. The fourth-order valence-electron chi connectivity index (χ4n) is 2.34.